The van der Waals surface area contributed by atoms with E-state index in [1.807, 2.05) is 0 Å². The van der Waals surface area contributed by atoms with Crippen molar-refractivity contribution < 1.29 is 4.79 Å². The van der Waals surface area contributed by atoms with Gasteiger partial charge in [-0.15, -0.1) is 0 Å². The van der Waals surface area contributed by atoms with Crippen LogP contribution in [0.4, 0.5) is 4.79 Å². The van der Waals surface area contributed by atoms with Crippen molar-refractivity contribution >= 4 is 6.03 Å². The van der Waals surface area contributed by atoms with E-state index in [1.165, 1.54) is 10.9 Å². The highest BCUT2D eigenvalue weighted by Crippen LogP contribution is 1.95. The summed E-state index contributed by atoms with van der Waals surface area (Å²) < 4.78 is 1.41. The maximum atomic E-state index is 11.2. The quantitative estimate of drug-likeness (QED) is 0.718. The summed E-state index contributed by atoms with van der Waals surface area (Å²) in [6, 6.07) is -0.159. The molecule has 0 saturated carbocycles. The maximum Gasteiger partial charge on any atom is 0.327 e. The summed E-state index contributed by atoms with van der Waals surface area (Å²) in [5, 5.41) is 2.68. The monoisotopic (exact) mass is 180 g/mol. The van der Waals surface area contributed by atoms with Crippen molar-refractivity contribution in [1.29, 1.82) is 0 Å². The summed E-state index contributed by atoms with van der Waals surface area (Å²) in [4.78, 5) is 15.0. The topological polar surface area (TPSA) is 46.9 Å². The molecular weight excluding hydrogens is 166 g/mol. The van der Waals surface area contributed by atoms with E-state index >= 15 is 0 Å². The summed E-state index contributed by atoms with van der Waals surface area (Å²) in [5.41, 5.74) is 0. The van der Waals surface area contributed by atoms with Crippen molar-refractivity contribution in [3.63, 3.8) is 0 Å². The molecule has 0 bridgehead atoms. The van der Waals surface area contributed by atoms with Crippen molar-refractivity contribution in [1.82, 2.24) is 14.9 Å². The summed E-state index contributed by atoms with van der Waals surface area (Å²) in [5.74, 6) is 0. The van der Waals surface area contributed by atoms with Crippen LogP contribution in [-0.2, 0) is 0 Å². The molecule has 13 heavy (non-hydrogen) atoms. The summed E-state index contributed by atoms with van der Waals surface area (Å²) in [7, 11) is 0. The SMILES string of the molecule is CCCC[CH]NC(=O)n1ccnc1. The lowest BCUT2D eigenvalue weighted by Gasteiger charge is -2.02. The van der Waals surface area contributed by atoms with Crippen LogP contribution < -0.4 is 5.32 Å². The van der Waals surface area contributed by atoms with E-state index in [9.17, 15) is 4.79 Å². The number of hydrogen-bond acceptors (Lipinski definition) is 2. The lowest BCUT2D eigenvalue weighted by atomic mass is 10.2. The molecule has 0 aromatic carbocycles. The molecule has 1 aromatic rings. The van der Waals surface area contributed by atoms with Crippen LogP contribution in [0.15, 0.2) is 18.7 Å². The van der Waals surface area contributed by atoms with Crippen LogP contribution in [0.3, 0.4) is 0 Å². The van der Waals surface area contributed by atoms with Crippen LogP contribution in [0, 0.1) is 6.54 Å². The van der Waals surface area contributed by atoms with Crippen molar-refractivity contribution in [3.05, 3.63) is 25.3 Å². The lowest BCUT2D eigenvalue weighted by Crippen LogP contribution is -2.25. The lowest BCUT2D eigenvalue weighted by molar-refractivity contribution is 0.244. The van der Waals surface area contributed by atoms with Crippen LogP contribution in [-0.4, -0.2) is 15.6 Å². The Labute approximate surface area is 78.0 Å². The Balaban J connectivity index is 2.19. The maximum absolute atomic E-state index is 11.2. The van der Waals surface area contributed by atoms with Crippen LogP contribution in [0.1, 0.15) is 26.2 Å². The first kappa shape index (κ1) is 9.77. The van der Waals surface area contributed by atoms with E-state index in [2.05, 4.69) is 17.2 Å². The third-order valence-corrected chi connectivity index (χ3v) is 1.67. The molecular formula is C9H14N3O. The van der Waals surface area contributed by atoms with Crippen molar-refractivity contribution in [3.8, 4) is 0 Å². The predicted molar refractivity (Wildman–Crippen MR) is 50.0 cm³/mol. The Morgan fingerprint density at radius 1 is 1.69 bits per heavy atom. The number of rotatable bonds is 4. The molecule has 1 N–H and O–H groups in total. The molecule has 0 unspecified atom stereocenters. The zero-order chi connectivity index (χ0) is 9.52. The first-order valence-corrected chi connectivity index (χ1v) is 4.45. The molecule has 1 rings (SSSR count). The van der Waals surface area contributed by atoms with Crippen molar-refractivity contribution in [2.75, 3.05) is 0 Å². The fourth-order valence-corrected chi connectivity index (χ4v) is 0.919. The number of unbranched alkanes of at least 4 members (excludes halogenated alkanes) is 2. The molecule has 4 nitrogen and oxygen atoms in total. The second kappa shape index (κ2) is 5.35. The van der Waals surface area contributed by atoms with Gasteiger partial charge in [-0.2, -0.15) is 0 Å². The summed E-state index contributed by atoms with van der Waals surface area (Å²) in [6.45, 7) is 3.90. The molecule has 0 atom stereocenters. The van der Waals surface area contributed by atoms with Crippen molar-refractivity contribution in [2.45, 2.75) is 26.2 Å². The molecule has 0 aliphatic carbocycles. The minimum atomic E-state index is -0.159. The fraction of sp³-hybridized carbons (Fsp3) is 0.444. The van der Waals surface area contributed by atoms with Gasteiger partial charge in [0.1, 0.15) is 6.33 Å². The largest absolute Gasteiger partial charge is 0.333 e. The first-order valence-electron chi connectivity index (χ1n) is 4.45. The fourth-order valence-electron chi connectivity index (χ4n) is 0.919. The zero-order valence-electron chi connectivity index (χ0n) is 7.73. The van der Waals surface area contributed by atoms with E-state index in [0.29, 0.717) is 0 Å². The van der Waals surface area contributed by atoms with Gasteiger partial charge >= 0.3 is 6.03 Å². The number of amides is 1. The van der Waals surface area contributed by atoms with E-state index in [1.54, 1.807) is 18.9 Å². The number of carbonyl (C=O) groups excluding carboxylic acids is 1. The highest BCUT2D eigenvalue weighted by atomic mass is 16.2. The Morgan fingerprint density at radius 2 is 2.54 bits per heavy atom. The molecule has 0 spiro atoms. The number of hydrogen-bond donors (Lipinski definition) is 1. The summed E-state index contributed by atoms with van der Waals surface area (Å²) >= 11 is 0. The third-order valence-electron chi connectivity index (χ3n) is 1.67. The molecule has 0 aliphatic heterocycles. The van der Waals surface area contributed by atoms with Gasteiger partial charge in [0.25, 0.3) is 0 Å². The molecule has 1 radical (unpaired) electrons. The molecule has 71 valence electrons. The van der Waals surface area contributed by atoms with Gasteiger partial charge in [0.15, 0.2) is 0 Å². The molecule has 0 saturated heterocycles. The normalized spacial score (nSPS) is 9.92. The van der Waals surface area contributed by atoms with Gasteiger partial charge in [-0.1, -0.05) is 19.8 Å². The Bertz CT molecular complexity index is 243. The third kappa shape index (κ3) is 3.27. The average Bonchev–Trinajstić information content (AvgIpc) is 2.65. The van der Waals surface area contributed by atoms with Gasteiger partial charge in [0, 0.05) is 12.4 Å². The van der Waals surface area contributed by atoms with Gasteiger partial charge in [0.2, 0.25) is 0 Å². The second-order valence-corrected chi connectivity index (χ2v) is 2.77. The van der Waals surface area contributed by atoms with E-state index < -0.39 is 0 Å². The van der Waals surface area contributed by atoms with E-state index in [4.69, 9.17) is 0 Å². The van der Waals surface area contributed by atoms with Crippen LogP contribution in [0.5, 0.6) is 0 Å². The van der Waals surface area contributed by atoms with Gasteiger partial charge in [-0.25, -0.2) is 9.78 Å². The van der Waals surface area contributed by atoms with Crippen LogP contribution >= 0.6 is 0 Å². The highest BCUT2D eigenvalue weighted by molar-refractivity contribution is 5.76. The number of nitrogens with one attached hydrogen (secondary N) is 1. The molecule has 4 heteroatoms. The molecule has 0 aliphatic rings. The van der Waals surface area contributed by atoms with Gasteiger partial charge in [0.05, 0.1) is 6.54 Å². The highest BCUT2D eigenvalue weighted by Gasteiger charge is 2.00. The van der Waals surface area contributed by atoms with Gasteiger partial charge in [-0.05, 0) is 6.42 Å². The summed E-state index contributed by atoms with van der Waals surface area (Å²) in [6.07, 6.45) is 7.82. The number of carbonyl (C=O) groups is 1. The zero-order valence-corrected chi connectivity index (χ0v) is 7.73. The van der Waals surface area contributed by atoms with E-state index in [-0.39, 0.29) is 6.03 Å². The van der Waals surface area contributed by atoms with Crippen molar-refractivity contribution in [2.24, 2.45) is 0 Å². The van der Waals surface area contributed by atoms with E-state index in [0.717, 1.165) is 19.3 Å². The predicted octanol–water partition coefficient (Wildman–Crippen LogP) is 1.79. The Morgan fingerprint density at radius 3 is 3.15 bits per heavy atom. The standard InChI is InChI=1S/C9H14N3O/c1-2-3-4-5-11-9(13)12-7-6-10-8-12/h5-8H,2-4H2,1H3,(H,11,13). The minimum Gasteiger partial charge on any atom is -0.333 e. The average molecular weight is 180 g/mol. The number of nitrogens with zero attached hydrogens (tertiary/aromatic N) is 2. The van der Waals surface area contributed by atoms with Gasteiger partial charge in [-0.3, -0.25) is 4.57 Å². The molecule has 0 fully saturated rings. The number of aromatic nitrogens is 2. The Kier molecular flexibility index (Phi) is 4.02. The Hall–Kier alpha value is -1.32. The van der Waals surface area contributed by atoms with Crippen LogP contribution in [0.25, 0.3) is 0 Å². The smallest absolute Gasteiger partial charge is 0.327 e. The molecule has 1 aromatic heterocycles. The molecule has 1 amide bonds. The first-order chi connectivity index (χ1) is 6.34. The molecule has 1 heterocycles. The minimum absolute atomic E-state index is 0.159. The van der Waals surface area contributed by atoms with Crippen LogP contribution in [0.2, 0.25) is 0 Å². The van der Waals surface area contributed by atoms with Gasteiger partial charge < -0.3 is 5.32 Å². The number of imidazole rings is 1. The second-order valence-electron chi connectivity index (χ2n) is 2.77.